The van der Waals surface area contributed by atoms with Crippen LogP contribution in [0.2, 0.25) is 5.02 Å². The largest absolute Gasteiger partial charge is 0.495 e. The molecule has 3 rings (SSSR count). The maximum Gasteiger partial charge on any atom is 0.238 e. The van der Waals surface area contributed by atoms with Crippen molar-refractivity contribution < 1.29 is 19.7 Å². The SMILES string of the molecule is COc1ccc(NC(=O)CN2CC3CC(O)C(O)CC3C2)cc1Cl. The van der Waals surface area contributed by atoms with Crippen LogP contribution in [0.3, 0.4) is 0 Å². The summed E-state index contributed by atoms with van der Waals surface area (Å²) in [5.41, 5.74) is 0.633. The van der Waals surface area contributed by atoms with Gasteiger partial charge in [-0.3, -0.25) is 9.69 Å². The van der Waals surface area contributed by atoms with Crippen LogP contribution in [0.5, 0.6) is 5.75 Å². The highest BCUT2D eigenvalue weighted by molar-refractivity contribution is 6.32. The molecule has 1 aromatic carbocycles. The minimum Gasteiger partial charge on any atom is -0.495 e. The number of aliphatic hydroxyl groups excluding tert-OH is 2. The normalized spacial score (nSPS) is 30.0. The molecule has 1 aliphatic carbocycles. The molecule has 2 aliphatic rings. The highest BCUT2D eigenvalue weighted by Crippen LogP contribution is 2.36. The predicted octanol–water partition coefficient (Wildman–Crippen LogP) is 1.35. The predicted molar refractivity (Wildman–Crippen MR) is 91.3 cm³/mol. The molecule has 7 heteroatoms. The molecule has 132 valence electrons. The summed E-state index contributed by atoms with van der Waals surface area (Å²) in [6.45, 7) is 1.86. The highest BCUT2D eigenvalue weighted by Gasteiger charge is 2.41. The maximum absolute atomic E-state index is 12.2. The minimum atomic E-state index is -0.638. The second kappa shape index (κ2) is 7.27. The summed E-state index contributed by atoms with van der Waals surface area (Å²) < 4.78 is 5.09. The molecule has 1 amide bonds. The molecule has 6 nitrogen and oxygen atoms in total. The van der Waals surface area contributed by atoms with E-state index in [-0.39, 0.29) is 5.91 Å². The average molecular weight is 355 g/mol. The lowest BCUT2D eigenvalue weighted by Crippen LogP contribution is -2.38. The van der Waals surface area contributed by atoms with Crippen LogP contribution < -0.4 is 10.1 Å². The van der Waals surface area contributed by atoms with E-state index in [4.69, 9.17) is 16.3 Å². The van der Waals surface area contributed by atoms with E-state index in [1.54, 1.807) is 25.3 Å². The van der Waals surface area contributed by atoms with Crippen molar-refractivity contribution in [1.29, 1.82) is 0 Å². The number of nitrogens with zero attached hydrogens (tertiary/aromatic N) is 1. The van der Waals surface area contributed by atoms with Crippen molar-refractivity contribution in [3.63, 3.8) is 0 Å². The molecule has 0 radical (unpaired) electrons. The Hall–Kier alpha value is -1.34. The maximum atomic E-state index is 12.2. The number of halogens is 1. The molecule has 3 N–H and O–H groups in total. The lowest BCUT2D eigenvalue weighted by atomic mass is 9.79. The number of benzene rings is 1. The fraction of sp³-hybridized carbons (Fsp3) is 0.588. The number of carbonyl (C=O) groups excluding carboxylic acids is 1. The second-order valence-electron chi connectivity index (χ2n) is 6.72. The first kappa shape index (κ1) is 17.5. The number of likely N-dealkylation sites (tertiary alicyclic amines) is 1. The number of nitrogens with one attached hydrogen (secondary N) is 1. The van der Waals surface area contributed by atoms with Crippen LogP contribution in [0.4, 0.5) is 5.69 Å². The summed E-state index contributed by atoms with van der Waals surface area (Å²) >= 11 is 6.06. The van der Waals surface area contributed by atoms with Crippen LogP contribution in [0, 0.1) is 11.8 Å². The van der Waals surface area contributed by atoms with Crippen LogP contribution in [-0.4, -0.2) is 60.0 Å². The van der Waals surface area contributed by atoms with E-state index in [1.807, 2.05) is 0 Å². The monoisotopic (exact) mass is 354 g/mol. The van der Waals surface area contributed by atoms with Gasteiger partial charge in [0.05, 0.1) is 30.9 Å². The summed E-state index contributed by atoms with van der Waals surface area (Å²) in [7, 11) is 1.54. The fourth-order valence-corrected chi connectivity index (χ4v) is 4.04. The van der Waals surface area contributed by atoms with Crippen molar-refractivity contribution in [3.8, 4) is 5.75 Å². The van der Waals surface area contributed by atoms with Gasteiger partial charge in [-0.15, -0.1) is 0 Å². The van der Waals surface area contributed by atoms with Gasteiger partial charge >= 0.3 is 0 Å². The summed E-state index contributed by atoms with van der Waals surface area (Å²) in [6.07, 6.45) is -0.0567. The molecule has 1 aliphatic heterocycles. The van der Waals surface area contributed by atoms with Crippen molar-refractivity contribution in [2.24, 2.45) is 11.8 Å². The molecule has 4 unspecified atom stereocenters. The second-order valence-corrected chi connectivity index (χ2v) is 7.13. The molecular weight excluding hydrogens is 332 g/mol. The lowest BCUT2D eigenvalue weighted by molar-refractivity contribution is -0.117. The quantitative estimate of drug-likeness (QED) is 0.760. The van der Waals surface area contributed by atoms with Crippen LogP contribution in [0.25, 0.3) is 0 Å². The number of methoxy groups -OCH3 is 1. The van der Waals surface area contributed by atoms with Crippen molar-refractivity contribution in [3.05, 3.63) is 23.2 Å². The van der Waals surface area contributed by atoms with E-state index in [2.05, 4.69) is 10.2 Å². The van der Waals surface area contributed by atoms with Gasteiger partial charge in [-0.25, -0.2) is 0 Å². The number of carbonyl (C=O) groups is 1. The number of amides is 1. The van der Waals surface area contributed by atoms with Crippen LogP contribution >= 0.6 is 11.6 Å². The lowest BCUT2D eigenvalue weighted by Gasteiger charge is -2.32. The highest BCUT2D eigenvalue weighted by atomic mass is 35.5. The number of hydrogen-bond donors (Lipinski definition) is 3. The molecular formula is C17H23ClN2O4. The number of fused-ring (bicyclic) bond motifs is 1. The third-order valence-electron chi connectivity index (χ3n) is 4.99. The Morgan fingerprint density at radius 3 is 2.46 bits per heavy atom. The van der Waals surface area contributed by atoms with Gasteiger partial charge in [-0.1, -0.05) is 11.6 Å². The van der Waals surface area contributed by atoms with E-state index in [0.717, 1.165) is 13.1 Å². The molecule has 0 aromatic heterocycles. The molecule has 24 heavy (non-hydrogen) atoms. The molecule has 0 spiro atoms. The Labute approximate surface area is 146 Å². The van der Waals surface area contributed by atoms with E-state index >= 15 is 0 Å². The standard InChI is InChI=1S/C17H23ClN2O4/c1-24-16-3-2-12(6-13(16)18)19-17(23)9-20-7-10-4-14(21)15(22)5-11(10)8-20/h2-3,6,10-11,14-15,21-22H,4-5,7-9H2,1H3,(H,19,23). The first-order valence-corrected chi connectivity index (χ1v) is 8.56. The van der Waals surface area contributed by atoms with Gasteiger partial charge in [0.15, 0.2) is 0 Å². The molecule has 1 saturated carbocycles. The van der Waals surface area contributed by atoms with Crippen molar-refractivity contribution >= 4 is 23.2 Å². The Kier molecular flexibility index (Phi) is 5.30. The van der Waals surface area contributed by atoms with Crippen LogP contribution in [0.1, 0.15) is 12.8 Å². The van der Waals surface area contributed by atoms with Gasteiger partial charge in [0.2, 0.25) is 5.91 Å². The number of rotatable bonds is 4. The molecule has 0 bridgehead atoms. The summed E-state index contributed by atoms with van der Waals surface area (Å²) in [5.74, 6) is 1.17. The molecule has 1 saturated heterocycles. The van der Waals surface area contributed by atoms with Crippen molar-refractivity contribution in [2.45, 2.75) is 25.0 Å². The van der Waals surface area contributed by atoms with Gasteiger partial charge in [-0.2, -0.15) is 0 Å². The van der Waals surface area contributed by atoms with Gasteiger partial charge in [0.25, 0.3) is 0 Å². The smallest absolute Gasteiger partial charge is 0.238 e. The van der Waals surface area contributed by atoms with Crippen molar-refractivity contribution in [1.82, 2.24) is 4.90 Å². The summed E-state index contributed by atoms with van der Waals surface area (Å²) in [4.78, 5) is 14.3. The van der Waals surface area contributed by atoms with E-state index < -0.39 is 12.2 Å². The first-order chi connectivity index (χ1) is 11.5. The number of ether oxygens (including phenoxy) is 1. The van der Waals surface area contributed by atoms with Crippen molar-refractivity contribution in [2.75, 3.05) is 32.1 Å². The summed E-state index contributed by atoms with van der Waals surface area (Å²) in [5, 5.41) is 22.9. The number of hydrogen-bond acceptors (Lipinski definition) is 5. The molecule has 1 aromatic rings. The van der Waals surface area contributed by atoms with E-state index in [0.29, 0.717) is 47.7 Å². The van der Waals surface area contributed by atoms with Crippen LogP contribution in [0.15, 0.2) is 18.2 Å². The third-order valence-corrected chi connectivity index (χ3v) is 5.28. The molecule has 4 atom stereocenters. The van der Waals surface area contributed by atoms with E-state index in [9.17, 15) is 15.0 Å². The number of anilines is 1. The zero-order valence-corrected chi connectivity index (χ0v) is 14.4. The Bertz CT molecular complexity index is 594. The zero-order chi connectivity index (χ0) is 17.3. The number of aliphatic hydroxyl groups is 2. The Balaban J connectivity index is 1.53. The topological polar surface area (TPSA) is 82.0 Å². The van der Waals surface area contributed by atoms with E-state index in [1.165, 1.54) is 0 Å². The van der Waals surface area contributed by atoms with Gasteiger partial charge in [-0.05, 0) is 42.9 Å². The Morgan fingerprint density at radius 2 is 1.92 bits per heavy atom. The third kappa shape index (κ3) is 3.83. The van der Waals surface area contributed by atoms with Gasteiger partial charge < -0.3 is 20.3 Å². The average Bonchev–Trinajstić information content (AvgIpc) is 2.88. The zero-order valence-electron chi connectivity index (χ0n) is 13.6. The van der Waals surface area contributed by atoms with Gasteiger partial charge in [0.1, 0.15) is 5.75 Å². The first-order valence-electron chi connectivity index (χ1n) is 8.18. The molecule has 2 fully saturated rings. The fourth-order valence-electron chi connectivity index (χ4n) is 3.78. The van der Waals surface area contributed by atoms with Gasteiger partial charge in [0, 0.05) is 18.8 Å². The summed E-state index contributed by atoms with van der Waals surface area (Å²) in [6, 6.07) is 5.12. The Morgan fingerprint density at radius 1 is 1.29 bits per heavy atom. The van der Waals surface area contributed by atoms with Crippen LogP contribution in [-0.2, 0) is 4.79 Å². The minimum absolute atomic E-state index is 0.101. The molecule has 1 heterocycles.